The van der Waals surface area contributed by atoms with E-state index in [0.29, 0.717) is 31.9 Å². The number of hydrogen-bond acceptors (Lipinski definition) is 8. The van der Waals surface area contributed by atoms with Gasteiger partial charge in [0, 0.05) is 26.9 Å². The maximum Gasteiger partial charge on any atom is 0.338 e. The minimum Gasteiger partial charge on any atom is -0.496 e. The predicted octanol–water partition coefficient (Wildman–Crippen LogP) is 6.19. The second-order valence-electron chi connectivity index (χ2n) is 10.3. The Labute approximate surface area is 259 Å². The molecule has 1 atom stereocenters. The molecule has 2 aliphatic heterocycles. The molecule has 0 aliphatic carbocycles. The topological polar surface area (TPSA) is 73.1 Å². The van der Waals surface area contributed by atoms with E-state index in [1.165, 1.54) is 21.9 Å². The highest BCUT2D eigenvalue weighted by Gasteiger charge is 2.35. The van der Waals surface area contributed by atoms with E-state index in [4.69, 9.17) is 14.5 Å². The molecule has 214 valence electrons. The van der Waals surface area contributed by atoms with E-state index in [1.807, 2.05) is 42.5 Å². The number of methoxy groups -OCH3 is 1. The quantitative estimate of drug-likeness (QED) is 0.238. The number of allylic oxidation sites excluding steroid dienone is 1. The Balaban J connectivity index is 1.50. The molecule has 0 unspecified atom stereocenters. The van der Waals surface area contributed by atoms with Crippen LogP contribution in [0.1, 0.15) is 37.9 Å². The van der Waals surface area contributed by atoms with Gasteiger partial charge >= 0.3 is 5.97 Å². The molecule has 3 heterocycles. The van der Waals surface area contributed by atoms with Gasteiger partial charge in [0.2, 0.25) is 0 Å². The first-order valence-electron chi connectivity index (χ1n) is 13.4. The van der Waals surface area contributed by atoms with E-state index in [9.17, 15) is 9.59 Å². The zero-order chi connectivity index (χ0) is 29.7. The number of carbonyl (C=O) groups is 1. The number of carbonyl (C=O) groups excluding carboxylic acids is 1. The number of rotatable bonds is 5. The fourth-order valence-electron chi connectivity index (χ4n) is 5.27. The fourth-order valence-corrected chi connectivity index (χ4v) is 7.90. The van der Waals surface area contributed by atoms with Crippen molar-refractivity contribution in [2.45, 2.75) is 42.7 Å². The first kappa shape index (κ1) is 28.5. The number of ether oxygens (including phenoxy) is 2. The van der Waals surface area contributed by atoms with Gasteiger partial charge in [-0.05, 0) is 74.9 Å². The van der Waals surface area contributed by atoms with Crippen molar-refractivity contribution in [1.29, 1.82) is 0 Å². The van der Waals surface area contributed by atoms with Crippen LogP contribution in [0.3, 0.4) is 0 Å². The van der Waals surface area contributed by atoms with E-state index in [1.54, 1.807) is 44.2 Å². The molecule has 0 fully saturated rings. The van der Waals surface area contributed by atoms with Crippen LogP contribution in [0, 0.1) is 0 Å². The molecule has 42 heavy (non-hydrogen) atoms. The van der Waals surface area contributed by atoms with E-state index in [-0.39, 0.29) is 11.7 Å². The van der Waals surface area contributed by atoms with Crippen molar-refractivity contribution in [2.75, 3.05) is 19.1 Å². The van der Waals surface area contributed by atoms with E-state index in [0.717, 1.165) is 20.6 Å². The lowest BCUT2D eigenvalue weighted by Gasteiger charge is -2.29. The van der Waals surface area contributed by atoms with Gasteiger partial charge in [-0.1, -0.05) is 57.2 Å². The van der Waals surface area contributed by atoms with Gasteiger partial charge in [-0.25, -0.2) is 9.79 Å². The van der Waals surface area contributed by atoms with Crippen LogP contribution in [-0.4, -0.2) is 30.8 Å². The molecule has 0 spiro atoms. The minimum atomic E-state index is -0.772. The summed E-state index contributed by atoms with van der Waals surface area (Å²) in [5.74, 6) is 0.0436. The molecular weight excluding hydrogens is 634 g/mol. The van der Waals surface area contributed by atoms with Crippen LogP contribution < -0.4 is 24.5 Å². The summed E-state index contributed by atoms with van der Waals surface area (Å²) in [4.78, 5) is 37.3. The van der Waals surface area contributed by atoms with Crippen LogP contribution in [0.15, 0.2) is 96.0 Å². The number of fused-ring (bicyclic) bond motifs is 3. The van der Waals surface area contributed by atoms with Gasteiger partial charge in [0.1, 0.15) is 11.8 Å². The van der Waals surface area contributed by atoms with Gasteiger partial charge in [-0.3, -0.25) is 9.36 Å². The van der Waals surface area contributed by atoms with Crippen LogP contribution >= 0.6 is 39.0 Å². The highest BCUT2D eigenvalue weighted by Crippen LogP contribution is 2.47. The van der Waals surface area contributed by atoms with Crippen LogP contribution in [-0.2, 0) is 9.53 Å². The molecule has 6 rings (SSSR count). The van der Waals surface area contributed by atoms with Gasteiger partial charge in [0.25, 0.3) is 5.56 Å². The number of anilines is 2. The number of benzene rings is 3. The monoisotopic (exact) mass is 661 g/mol. The van der Waals surface area contributed by atoms with Crippen LogP contribution in [0.2, 0.25) is 0 Å². The SMILES string of the molecule is COc1ccc(Br)cc1[C@H]1C(C(=O)OC(C)C)=C(C)N=c2s/c(=C\c3ccc4c(c3)Sc3ccccc3N4C)c(=O)n21. The van der Waals surface area contributed by atoms with E-state index in [2.05, 4.69) is 52.1 Å². The second-order valence-corrected chi connectivity index (χ2v) is 13.3. The Morgan fingerprint density at radius 2 is 1.83 bits per heavy atom. The molecule has 0 N–H and O–H groups in total. The minimum absolute atomic E-state index is 0.235. The molecular formula is C32H28BrN3O4S2. The highest BCUT2D eigenvalue weighted by molar-refractivity contribution is 9.10. The number of thiazole rings is 1. The third kappa shape index (κ3) is 5.01. The third-order valence-corrected chi connectivity index (χ3v) is 9.75. The third-order valence-electron chi connectivity index (χ3n) is 7.16. The standard InChI is InChI=1S/C32H28BrN3O4S2/c1-17(2)40-31(38)28-18(3)34-32-36(29(28)21-16-20(33)11-13-24(21)39-5)30(37)27(42-32)15-19-10-12-23-26(14-19)41-25-9-7-6-8-22(25)35(23)4/h6-17,29H,1-5H3/b27-15-/t29-/m0/s1. The highest BCUT2D eigenvalue weighted by atomic mass is 79.9. The normalized spacial score (nSPS) is 16.1. The molecule has 10 heteroatoms. The zero-order valence-corrected chi connectivity index (χ0v) is 26.9. The largest absolute Gasteiger partial charge is 0.496 e. The summed E-state index contributed by atoms with van der Waals surface area (Å²) in [6.45, 7) is 5.37. The summed E-state index contributed by atoms with van der Waals surface area (Å²) in [7, 11) is 3.64. The van der Waals surface area contributed by atoms with Gasteiger partial charge in [-0.15, -0.1) is 0 Å². The number of esters is 1. The van der Waals surface area contributed by atoms with E-state index < -0.39 is 12.0 Å². The Morgan fingerprint density at radius 1 is 1.07 bits per heavy atom. The summed E-state index contributed by atoms with van der Waals surface area (Å²) in [5.41, 5.74) is 4.44. The molecule has 0 radical (unpaired) electrons. The molecule has 0 saturated heterocycles. The van der Waals surface area contributed by atoms with Gasteiger partial charge in [0.05, 0.1) is 40.4 Å². The summed E-state index contributed by atoms with van der Waals surface area (Å²) in [6.07, 6.45) is 1.56. The lowest BCUT2D eigenvalue weighted by atomic mass is 9.95. The first-order valence-corrected chi connectivity index (χ1v) is 15.8. The smallest absolute Gasteiger partial charge is 0.338 e. The number of para-hydroxylation sites is 1. The van der Waals surface area contributed by atoms with E-state index >= 15 is 0 Å². The average molecular weight is 663 g/mol. The molecule has 0 bridgehead atoms. The molecule has 0 amide bonds. The molecule has 7 nitrogen and oxygen atoms in total. The van der Waals surface area contributed by atoms with Crippen molar-refractivity contribution in [1.82, 2.24) is 4.57 Å². The number of halogens is 1. The molecule has 0 saturated carbocycles. The van der Waals surface area contributed by atoms with Crippen molar-refractivity contribution in [3.05, 3.63) is 107 Å². The van der Waals surface area contributed by atoms with Crippen molar-refractivity contribution in [2.24, 2.45) is 4.99 Å². The Morgan fingerprint density at radius 3 is 2.60 bits per heavy atom. The van der Waals surface area contributed by atoms with Crippen LogP contribution in [0.5, 0.6) is 5.75 Å². The second kappa shape index (κ2) is 11.2. The Hall–Kier alpha value is -3.60. The molecule has 1 aromatic heterocycles. The average Bonchev–Trinajstić information content (AvgIpc) is 3.25. The fraction of sp³-hybridized carbons (Fsp3) is 0.219. The van der Waals surface area contributed by atoms with Gasteiger partial charge in [0.15, 0.2) is 4.80 Å². The Bertz CT molecular complexity index is 1960. The van der Waals surface area contributed by atoms with Crippen LogP contribution in [0.25, 0.3) is 6.08 Å². The van der Waals surface area contributed by atoms with Crippen molar-refractivity contribution < 1.29 is 14.3 Å². The summed E-state index contributed by atoms with van der Waals surface area (Å²) < 4.78 is 14.2. The molecule has 4 aromatic rings. The lowest BCUT2D eigenvalue weighted by molar-refractivity contribution is -0.143. The van der Waals surface area contributed by atoms with Gasteiger partial charge in [-0.2, -0.15) is 0 Å². The van der Waals surface area contributed by atoms with Crippen LogP contribution in [0.4, 0.5) is 11.4 Å². The van der Waals surface area contributed by atoms with Crippen molar-refractivity contribution in [3.63, 3.8) is 0 Å². The summed E-state index contributed by atoms with van der Waals surface area (Å²) in [5, 5.41) is 0. The zero-order valence-electron chi connectivity index (χ0n) is 23.7. The first-order chi connectivity index (χ1) is 20.2. The number of aromatic nitrogens is 1. The maximum absolute atomic E-state index is 14.1. The Kier molecular flexibility index (Phi) is 7.63. The molecule has 2 aliphatic rings. The molecule has 3 aromatic carbocycles. The summed E-state index contributed by atoms with van der Waals surface area (Å²) >= 11 is 6.57. The van der Waals surface area contributed by atoms with Gasteiger partial charge < -0.3 is 14.4 Å². The maximum atomic E-state index is 14.1. The summed E-state index contributed by atoms with van der Waals surface area (Å²) in [6, 6.07) is 19.3. The lowest BCUT2D eigenvalue weighted by Crippen LogP contribution is -2.40. The van der Waals surface area contributed by atoms with Crippen molar-refractivity contribution in [3.8, 4) is 5.75 Å². The predicted molar refractivity (Wildman–Crippen MR) is 171 cm³/mol. The van der Waals surface area contributed by atoms with Crippen molar-refractivity contribution >= 4 is 62.4 Å². The number of nitrogens with zero attached hydrogens (tertiary/aromatic N) is 3. The number of hydrogen-bond donors (Lipinski definition) is 0.